The van der Waals surface area contributed by atoms with Gasteiger partial charge < -0.3 is 10.3 Å². The number of imidazole rings is 1. The molecule has 4 nitrogen and oxygen atoms in total. The van der Waals surface area contributed by atoms with Crippen LogP contribution in [0.5, 0.6) is 0 Å². The number of fused-ring (bicyclic) bond motifs is 1. The number of nitrogens with one attached hydrogen (secondary N) is 2. The summed E-state index contributed by atoms with van der Waals surface area (Å²) in [7, 11) is 0. The standard InChI is InChI=1S/C18H27N3O/c1-3-4-5-6-9-14(2)19-18(22)13-12-17-20-15-10-7-8-11-16(15)21-17/h7-8,10-11,14H,3-6,9,12-13H2,1-2H3,(H,19,22)(H,20,21). The summed E-state index contributed by atoms with van der Waals surface area (Å²) in [4.78, 5) is 19.7. The zero-order chi connectivity index (χ0) is 15.8. The molecule has 0 radical (unpaired) electrons. The zero-order valence-electron chi connectivity index (χ0n) is 13.7. The maximum absolute atomic E-state index is 12.0. The molecule has 2 aromatic rings. The van der Waals surface area contributed by atoms with Crippen molar-refractivity contribution in [1.82, 2.24) is 15.3 Å². The van der Waals surface area contributed by atoms with Crippen LogP contribution in [0.25, 0.3) is 11.0 Å². The SMILES string of the molecule is CCCCCCC(C)NC(=O)CCc1nc2ccccc2[nH]1. The highest BCUT2D eigenvalue weighted by Crippen LogP contribution is 2.11. The molecule has 2 rings (SSSR count). The Balaban J connectivity index is 1.70. The molecule has 1 aromatic carbocycles. The van der Waals surface area contributed by atoms with Gasteiger partial charge in [-0.05, 0) is 25.5 Å². The van der Waals surface area contributed by atoms with E-state index < -0.39 is 0 Å². The van der Waals surface area contributed by atoms with E-state index in [4.69, 9.17) is 0 Å². The van der Waals surface area contributed by atoms with Crippen molar-refractivity contribution < 1.29 is 4.79 Å². The molecule has 4 heteroatoms. The molecule has 0 saturated heterocycles. The molecule has 0 bridgehead atoms. The molecule has 1 unspecified atom stereocenters. The summed E-state index contributed by atoms with van der Waals surface area (Å²) in [6.45, 7) is 4.30. The number of unbranched alkanes of at least 4 members (excludes halogenated alkanes) is 3. The zero-order valence-corrected chi connectivity index (χ0v) is 13.7. The van der Waals surface area contributed by atoms with Gasteiger partial charge in [-0.1, -0.05) is 44.7 Å². The van der Waals surface area contributed by atoms with Gasteiger partial charge in [0.15, 0.2) is 0 Å². The van der Waals surface area contributed by atoms with Gasteiger partial charge in [0.05, 0.1) is 11.0 Å². The van der Waals surface area contributed by atoms with Gasteiger partial charge in [-0.15, -0.1) is 0 Å². The Hall–Kier alpha value is -1.84. The molecule has 0 saturated carbocycles. The number of rotatable bonds is 9. The summed E-state index contributed by atoms with van der Waals surface area (Å²) in [5.41, 5.74) is 1.99. The van der Waals surface area contributed by atoms with E-state index >= 15 is 0 Å². The molecule has 1 aromatic heterocycles. The number of carbonyl (C=O) groups excluding carboxylic acids is 1. The van der Waals surface area contributed by atoms with Gasteiger partial charge in [0, 0.05) is 18.9 Å². The average molecular weight is 301 g/mol. The lowest BCUT2D eigenvalue weighted by Gasteiger charge is -2.13. The largest absolute Gasteiger partial charge is 0.354 e. The summed E-state index contributed by atoms with van der Waals surface area (Å²) in [5, 5.41) is 3.08. The van der Waals surface area contributed by atoms with Crippen molar-refractivity contribution in [2.24, 2.45) is 0 Å². The lowest BCUT2D eigenvalue weighted by Crippen LogP contribution is -2.32. The Kier molecular flexibility index (Phi) is 6.44. The molecule has 1 heterocycles. The third kappa shape index (κ3) is 5.17. The number of hydrogen-bond donors (Lipinski definition) is 2. The van der Waals surface area contributed by atoms with Crippen LogP contribution in [0.1, 0.15) is 58.2 Å². The molecule has 0 aliphatic carbocycles. The fourth-order valence-corrected chi connectivity index (χ4v) is 2.65. The van der Waals surface area contributed by atoms with Crippen molar-refractivity contribution in [1.29, 1.82) is 0 Å². The number of nitrogens with zero attached hydrogens (tertiary/aromatic N) is 1. The lowest BCUT2D eigenvalue weighted by molar-refractivity contribution is -0.121. The molecule has 120 valence electrons. The van der Waals surface area contributed by atoms with Gasteiger partial charge in [-0.3, -0.25) is 4.79 Å². The summed E-state index contributed by atoms with van der Waals surface area (Å²) in [5.74, 6) is 0.996. The Morgan fingerprint density at radius 3 is 2.86 bits per heavy atom. The van der Waals surface area contributed by atoms with Crippen LogP contribution in [0.15, 0.2) is 24.3 Å². The topological polar surface area (TPSA) is 57.8 Å². The summed E-state index contributed by atoms with van der Waals surface area (Å²) in [6.07, 6.45) is 7.19. The molecule has 0 fully saturated rings. The minimum Gasteiger partial charge on any atom is -0.354 e. The number of H-pyrrole nitrogens is 1. The van der Waals surface area contributed by atoms with Crippen molar-refractivity contribution in [3.8, 4) is 0 Å². The molecule has 0 aliphatic rings. The normalized spacial score (nSPS) is 12.5. The Morgan fingerprint density at radius 1 is 1.27 bits per heavy atom. The molecule has 22 heavy (non-hydrogen) atoms. The number of aromatic amines is 1. The summed E-state index contributed by atoms with van der Waals surface area (Å²) >= 11 is 0. The molecule has 2 N–H and O–H groups in total. The van der Waals surface area contributed by atoms with Crippen LogP contribution < -0.4 is 5.32 Å². The summed E-state index contributed by atoms with van der Waals surface area (Å²) < 4.78 is 0. The number of aromatic nitrogens is 2. The van der Waals surface area contributed by atoms with Gasteiger partial charge in [-0.25, -0.2) is 4.98 Å². The Bertz CT molecular complexity index is 558. The van der Waals surface area contributed by atoms with Gasteiger partial charge >= 0.3 is 0 Å². The van der Waals surface area contributed by atoms with E-state index in [0.29, 0.717) is 12.8 Å². The molecule has 1 atom stereocenters. The second-order valence-electron chi connectivity index (χ2n) is 6.02. The van der Waals surface area contributed by atoms with Crippen molar-refractivity contribution in [2.75, 3.05) is 0 Å². The van der Waals surface area contributed by atoms with Crippen molar-refractivity contribution in [2.45, 2.75) is 64.8 Å². The predicted octanol–water partition coefficient (Wildman–Crippen LogP) is 3.97. The van der Waals surface area contributed by atoms with Crippen molar-refractivity contribution in [3.63, 3.8) is 0 Å². The molecule has 0 spiro atoms. The van der Waals surface area contributed by atoms with Crippen LogP contribution in [-0.4, -0.2) is 21.9 Å². The highest BCUT2D eigenvalue weighted by molar-refractivity contribution is 5.77. The molecule has 1 amide bonds. The Morgan fingerprint density at radius 2 is 2.09 bits per heavy atom. The Labute approximate surface area is 132 Å². The predicted molar refractivity (Wildman–Crippen MR) is 90.8 cm³/mol. The van der Waals surface area contributed by atoms with E-state index in [1.165, 1.54) is 25.7 Å². The van der Waals surface area contributed by atoms with Gasteiger partial charge in [-0.2, -0.15) is 0 Å². The van der Waals surface area contributed by atoms with Crippen LogP contribution >= 0.6 is 0 Å². The number of benzene rings is 1. The number of para-hydroxylation sites is 2. The number of aryl methyl sites for hydroxylation is 1. The molecular formula is C18H27N3O. The quantitative estimate of drug-likeness (QED) is 0.688. The second kappa shape index (κ2) is 8.57. The van der Waals surface area contributed by atoms with Crippen LogP contribution in [0, 0.1) is 0 Å². The maximum atomic E-state index is 12.0. The van der Waals surface area contributed by atoms with E-state index in [1.54, 1.807) is 0 Å². The number of hydrogen-bond acceptors (Lipinski definition) is 2. The second-order valence-corrected chi connectivity index (χ2v) is 6.02. The van der Waals surface area contributed by atoms with E-state index in [0.717, 1.165) is 23.3 Å². The van der Waals surface area contributed by atoms with Gasteiger partial charge in [0.2, 0.25) is 5.91 Å². The first-order chi connectivity index (χ1) is 10.7. The van der Waals surface area contributed by atoms with Crippen LogP contribution in [-0.2, 0) is 11.2 Å². The van der Waals surface area contributed by atoms with E-state index in [9.17, 15) is 4.79 Å². The average Bonchev–Trinajstić information content (AvgIpc) is 2.92. The smallest absolute Gasteiger partial charge is 0.220 e. The van der Waals surface area contributed by atoms with Gasteiger partial charge in [0.1, 0.15) is 5.82 Å². The molecular weight excluding hydrogens is 274 g/mol. The first kappa shape index (κ1) is 16.5. The fraction of sp³-hybridized carbons (Fsp3) is 0.556. The van der Waals surface area contributed by atoms with Crippen molar-refractivity contribution >= 4 is 16.9 Å². The minimum atomic E-state index is 0.114. The first-order valence-electron chi connectivity index (χ1n) is 8.42. The van der Waals surface area contributed by atoms with Crippen LogP contribution in [0.2, 0.25) is 0 Å². The molecule has 0 aliphatic heterocycles. The number of amides is 1. The third-order valence-electron chi connectivity index (χ3n) is 3.93. The number of carbonyl (C=O) groups is 1. The van der Waals surface area contributed by atoms with Crippen LogP contribution in [0.4, 0.5) is 0 Å². The fourth-order valence-electron chi connectivity index (χ4n) is 2.65. The first-order valence-corrected chi connectivity index (χ1v) is 8.42. The maximum Gasteiger partial charge on any atom is 0.220 e. The van der Waals surface area contributed by atoms with Crippen LogP contribution in [0.3, 0.4) is 0 Å². The van der Waals surface area contributed by atoms with E-state index in [2.05, 4.69) is 29.1 Å². The van der Waals surface area contributed by atoms with E-state index in [-0.39, 0.29) is 11.9 Å². The van der Waals surface area contributed by atoms with Gasteiger partial charge in [0.25, 0.3) is 0 Å². The lowest BCUT2D eigenvalue weighted by atomic mass is 10.1. The van der Waals surface area contributed by atoms with E-state index in [1.807, 2.05) is 24.3 Å². The van der Waals surface area contributed by atoms with Crippen molar-refractivity contribution in [3.05, 3.63) is 30.1 Å². The highest BCUT2D eigenvalue weighted by atomic mass is 16.1. The highest BCUT2D eigenvalue weighted by Gasteiger charge is 2.09. The minimum absolute atomic E-state index is 0.114. The summed E-state index contributed by atoms with van der Waals surface area (Å²) in [6, 6.07) is 8.20. The third-order valence-corrected chi connectivity index (χ3v) is 3.93. The monoisotopic (exact) mass is 301 g/mol.